The number of anilines is 1. The Morgan fingerprint density at radius 1 is 0.559 bits per heavy atom. The molecule has 1 saturated heterocycles. The van der Waals surface area contributed by atoms with Crippen molar-refractivity contribution in [2.45, 2.75) is 25.9 Å². The second-order valence-corrected chi connectivity index (χ2v) is 11.2. The Morgan fingerprint density at radius 3 is 1.56 bits per heavy atom. The Balaban J connectivity index is 1.50. The quantitative estimate of drug-likeness (QED) is 0.462. The van der Waals surface area contributed by atoms with E-state index in [2.05, 4.69) is 142 Å². The molecule has 0 spiro atoms. The van der Waals surface area contributed by atoms with Gasteiger partial charge >= 0.3 is 0 Å². The van der Waals surface area contributed by atoms with Crippen molar-refractivity contribution in [2.75, 3.05) is 4.90 Å². The van der Waals surface area contributed by atoms with Crippen LogP contribution >= 0.6 is 7.92 Å². The molecule has 0 aromatic heterocycles. The van der Waals surface area contributed by atoms with Gasteiger partial charge < -0.3 is 4.90 Å². The average molecular weight is 458 g/mol. The number of nitrogens with zero attached hydrogens (tertiary/aromatic N) is 1. The molecule has 1 aliphatic heterocycles. The van der Waals surface area contributed by atoms with Crippen molar-refractivity contribution in [1.82, 2.24) is 0 Å². The number of hydrogen-bond acceptors (Lipinski definition) is 1. The second-order valence-electron chi connectivity index (χ2n) is 9.04. The van der Waals surface area contributed by atoms with Crippen LogP contribution in [-0.4, -0.2) is 12.1 Å². The van der Waals surface area contributed by atoms with Gasteiger partial charge in [0.25, 0.3) is 0 Å². The van der Waals surface area contributed by atoms with E-state index in [-0.39, 0.29) is 12.1 Å². The summed E-state index contributed by atoms with van der Waals surface area (Å²) in [6, 6.07) is 31.7. The molecule has 3 aliphatic rings. The predicted octanol–water partition coefficient (Wildman–Crippen LogP) is 5.59. The molecule has 34 heavy (non-hydrogen) atoms. The molecule has 0 unspecified atom stereocenters. The first-order chi connectivity index (χ1) is 16.7. The van der Waals surface area contributed by atoms with Crippen molar-refractivity contribution < 1.29 is 0 Å². The van der Waals surface area contributed by atoms with Gasteiger partial charge in [0.05, 0.1) is 0 Å². The molecule has 0 amide bonds. The molecule has 2 atom stereocenters. The first kappa shape index (κ1) is 22.4. The van der Waals surface area contributed by atoms with Gasteiger partial charge in [0.2, 0.25) is 0 Å². The molecule has 1 nitrogen and oxygen atoms in total. The zero-order valence-electron chi connectivity index (χ0n) is 19.6. The maximum Gasteiger partial charge on any atom is 0.0456 e. The third kappa shape index (κ3) is 3.81. The lowest BCUT2D eigenvalue weighted by Gasteiger charge is -2.41. The van der Waals surface area contributed by atoms with E-state index in [1.54, 1.807) is 0 Å². The summed E-state index contributed by atoms with van der Waals surface area (Å²) in [5.74, 6) is 5.59. The Labute approximate surface area is 207 Å². The topological polar surface area (TPSA) is 3.24 Å². The van der Waals surface area contributed by atoms with Crippen molar-refractivity contribution in [3.63, 3.8) is 0 Å². The first-order valence-corrected chi connectivity index (χ1v) is 13.4. The number of hydrogen-bond donors (Lipinski definition) is 0. The van der Waals surface area contributed by atoms with E-state index in [4.69, 9.17) is 0 Å². The molecule has 3 aromatic carbocycles. The van der Waals surface area contributed by atoms with Gasteiger partial charge in [0.1, 0.15) is 0 Å². The SMILES string of the molecule is C[C@H]1[C]2[CH][CH][CH][C]2[C]2[CH][CH][CH][C]2[C@H](C)N1c1ccccc1P(c1ccccc1)c1ccccc1. The fourth-order valence-corrected chi connectivity index (χ4v) is 8.04. The van der Waals surface area contributed by atoms with Gasteiger partial charge in [-0.25, -0.2) is 0 Å². The first-order valence-electron chi connectivity index (χ1n) is 12.0. The van der Waals surface area contributed by atoms with Gasteiger partial charge in [0, 0.05) is 34.9 Å². The van der Waals surface area contributed by atoms with Crippen molar-refractivity contribution >= 4 is 29.5 Å². The normalized spacial score (nSPS) is 24.4. The van der Waals surface area contributed by atoms with Gasteiger partial charge in [-0.2, -0.15) is 0 Å². The highest BCUT2D eigenvalue weighted by Gasteiger charge is 2.51. The highest BCUT2D eigenvalue weighted by Crippen LogP contribution is 2.56. The zero-order valence-corrected chi connectivity index (χ0v) is 20.5. The van der Waals surface area contributed by atoms with Crippen LogP contribution in [0.15, 0.2) is 84.9 Å². The predicted molar refractivity (Wildman–Crippen MR) is 145 cm³/mol. The van der Waals surface area contributed by atoms with Crippen LogP contribution in [0, 0.1) is 62.2 Å². The maximum atomic E-state index is 2.65. The summed E-state index contributed by atoms with van der Waals surface area (Å²) >= 11 is 0. The molecule has 6 rings (SSSR count). The van der Waals surface area contributed by atoms with Crippen molar-refractivity contribution in [1.29, 1.82) is 0 Å². The fraction of sp³-hybridized carbons (Fsp3) is 0.125. The average Bonchev–Trinajstić information content (AvgIpc) is 3.55. The van der Waals surface area contributed by atoms with E-state index in [1.165, 1.54) is 45.3 Å². The third-order valence-electron chi connectivity index (χ3n) is 7.15. The van der Waals surface area contributed by atoms with Crippen LogP contribution in [0.4, 0.5) is 5.69 Å². The van der Waals surface area contributed by atoms with Crippen LogP contribution in [0.5, 0.6) is 0 Å². The van der Waals surface area contributed by atoms with Crippen molar-refractivity contribution in [3.8, 4) is 0 Å². The Bertz CT molecular complexity index is 1030. The molecule has 2 heteroatoms. The Morgan fingerprint density at radius 2 is 1.03 bits per heavy atom. The summed E-state index contributed by atoms with van der Waals surface area (Å²) in [5.41, 5.74) is 1.34. The summed E-state index contributed by atoms with van der Waals surface area (Å²) in [6.45, 7) is 4.73. The van der Waals surface area contributed by atoms with Crippen LogP contribution in [0.1, 0.15) is 13.8 Å². The molecule has 2 saturated carbocycles. The monoisotopic (exact) mass is 457 g/mol. The lowest BCUT2D eigenvalue weighted by atomic mass is 9.76. The van der Waals surface area contributed by atoms with Gasteiger partial charge in [-0.05, 0) is 88.8 Å². The Hall–Kier alpha value is -2.11. The van der Waals surface area contributed by atoms with Crippen LogP contribution < -0.4 is 20.8 Å². The molecule has 3 fully saturated rings. The van der Waals surface area contributed by atoms with E-state index in [9.17, 15) is 0 Å². The third-order valence-corrected chi connectivity index (χ3v) is 9.64. The standard InChI is InChI=1S/C32H28NP/c1-23-27-17-11-19-29(27)30-20-12-18-28(30)24(2)33(23)31-21-9-10-22-32(31)34(25-13-5-3-6-14-25)26-15-7-4-8-16-26/h3-24H,1-2H3/t23-,24-/m0/s1. The fourth-order valence-electron chi connectivity index (χ4n) is 5.59. The van der Waals surface area contributed by atoms with E-state index in [0.29, 0.717) is 0 Å². The van der Waals surface area contributed by atoms with E-state index >= 15 is 0 Å². The molecular weight excluding hydrogens is 429 g/mol. The highest BCUT2D eigenvalue weighted by atomic mass is 31.1. The molecule has 10 radical (unpaired) electrons. The van der Waals surface area contributed by atoms with Crippen LogP contribution in [0.2, 0.25) is 0 Å². The molecule has 0 N–H and O–H groups in total. The molecule has 166 valence electrons. The number of rotatable bonds is 4. The maximum absolute atomic E-state index is 2.65. The van der Waals surface area contributed by atoms with Gasteiger partial charge in [-0.15, -0.1) is 0 Å². The summed E-state index contributed by atoms with van der Waals surface area (Å²) in [4.78, 5) is 2.65. The molecule has 2 aliphatic carbocycles. The number of para-hydroxylation sites is 1. The molecular formula is C32H28NP. The molecule has 0 bridgehead atoms. The minimum atomic E-state index is -0.692. The minimum Gasteiger partial charge on any atom is -0.364 e. The van der Waals surface area contributed by atoms with E-state index < -0.39 is 7.92 Å². The molecule has 3 aromatic rings. The van der Waals surface area contributed by atoms with Crippen molar-refractivity contribution in [3.05, 3.63) is 147 Å². The lowest BCUT2D eigenvalue weighted by Crippen LogP contribution is -2.46. The highest BCUT2D eigenvalue weighted by molar-refractivity contribution is 7.80. The van der Waals surface area contributed by atoms with Crippen LogP contribution in [0.25, 0.3) is 0 Å². The van der Waals surface area contributed by atoms with Crippen LogP contribution in [0.3, 0.4) is 0 Å². The van der Waals surface area contributed by atoms with Gasteiger partial charge in [-0.1, -0.05) is 78.9 Å². The largest absolute Gasteiger partial charge is 0.364 e. The summed E-state index contributed by atoms with van der Waals surface area (Å²) in [7, 11) is -0.692. The molecule has 1 heterocycles. The van der Waals surface area contributed by atoms with E-state index in [1.807, 2.05) is 0 Å². The Kier molecular flexibility index (Phi) is 6.25. The van der Waals surface area contributed by atoms with Gasteiger partial charge in [-0.3, -0.25) is 0 Å². The van der Waals surface area contributed by atoms with Crippen molar-refractivity contribution in [2.24, 2.45) is 0 Å². The second kappa shape index (κ2) is 9.50. The minimum absolute atomic E-state index is 0.275. The summed E-state index contributed by atoms with van der Waals surface area (Å²) in [5, 5.41) is 4.18. The summed E-state index contributed by atoms with van der Waals surface area (Å²) in [6.07, 6.45) is 13.6. The van der Waals surface area contributed by atoms with Gasteiger partial charge in [0.15, 0.2) is 0 Å². The number of benzene rings is 3. The zero-order chi connectivity index (χ0) is 23.1. The van der Waals surface area contributed by atoms with E-state index in [0.717, 1.165) is 0 Å². The smallest absolute Gasteiger partial charge is 0.0456 e. The summed E-state index contributed by atoms with van der Waals surface area (Å²) < 4.78 is 0. The lowest BCUT2D eigenvalue weighted by molar-refractivity contribution is 0.611. The van der Waals surface area contributed by atoms with Crippen LogP contribution in [-0.2, 0) is 0 Å². The number of fused-ring (bicyclic) bond motifs is 3.